The molecular formula is C21H23N5O6. The molecule has 3 rings (SSSR count). The minimum Gasteiger partial charge on any atom is -0.467 e. The van der Waals surface area contributed by atoms with E-state index < -0.39 is 22.1 Å². The molecule has 0 spiro atoms. The van der Waals surface area contributed by atoms with Gasteiger partial charge >= 0.3 is 5.69 Å². The second-order valence-corrected chi connectivity index (χ2v) is 7.18. The molecule has 1 aromatic carbocycles. The van der Waals surface area contributed by atoms with Crippen molar-refractivity contribution in [3.63, 3.8) is 0 Å². The number of nitrogens with two attached hydrogens (primary N) is 1. The molecule has 0 unspecified atom stereocenters. The number of nitrogens with zero attached hydrogens (tertiary/aromatic N) is 3. The number of unbranched alkanes of at least 4 members (excludes halogenated alkanes) is 1. The highest BCUT2D eigenvalue weighted by atomic mass is 16.6. The Labute approximate surface area is 182 Å². The fraction of sp³-hybridized carbons (Fsp3) is 0.286. The average molecular weight is 441 g/mol. The zero-order valence-electron chi connectivity index (χ0n) is 17.7. The van der Waals surface area contributed by atoms with E-state index in [2.05, 4.69) is 4.98 Å². The summed E-state index contributed by atoms with van der Waals surface area (Å²) in [6.45, 7) is 3.47. The van der Waals surface area contributed by atoms with Gasteiger partial charge in [0.15, 0.2) is 5.69 Å². The lowest BCUT2D eigenvalue weighted by Gasteiger charge is -2.24. The number of nitrogens with one attached hydrogen (secondary N) is 1. The van der Waals surface area contributed by atoms with Gasteiger partial charge in [0.2, 0.25) is 0 Å². The Kier molecular flexibility index (Phi) is 6.57. The van der Waals surface area contributed by atoms with Crippen LogP contribution in [0.1, 0.15) is 41.4 Å². The lowest BCUT2D eigenvalue weighted by molar-refractivity contribution is -0.385. The number of aromatic amines is 1. The molecule has 1 amide bonds. The number of hydrogen-bond acceptors (Lipinski definition) is 7. The van der Waals surface area contributed by atoms with E-state index in [4.69, 9.17) is 10.2 Å². The normalized spacial score (nSPS) is 10.8. The molecule has 0 aliphatic rings. The first-order valence-electron chi connectivity index (χ1n) is 9.97. The predicted octanol–water partition coefficient (Wildman–Crippen LogP) is 2.58. The van der Waals surface area contributed by atoms with Gasteiger partial charge in [0.05, 0.1) is 17.7 Å². The molecule has 0 aliphatic carbocycles. The Morgan fingerprint density at radius 2 is 2.03 bits per heavy atom. The van der Waals surface area contributed by atoms with Crippen LogP contribution in [0.3, 0.4) is 0 Å². The van der Waals surface area contributed by atoms with Crippen molar-refractivity contribution in [2.75, 3.05) is 10.6 Å². The third kappa shape index (κ3) is 4.31. The highest BCUT2D eigenvalue weighted by molar-refractivity contribution is 6.08. The maximum Gasteiger partial charge on any atom is 0.330 e. The van der Waals surface area contributed by atoms with E-state index in [9.17, 15) is 24.5 Å². The molecule has 0 fully saturated rings. The molecule has 168 valence electrons. The van der Waals surface area contributed by atoms with Gasteiger partial charge in [-0.2, -0.15) is 0 Å². The third-order valence-electron chi connectivity index (χ3n) is 5.09. The van der Waals surface area contributed by atoms with Crippen LogP contribution in [-0.4, -0.2) is 20.4 Å². The van der Waals surface area contributed by atoms with Crippen LogP contribution in [0.4, 0.5) is 17.2 Å². The number of carbonyl (C=O) groups excluding carboxylic acids is 1. The van der Waals surface area contributed by atoms with Crippen molar-refractivity contribution in [2.45, 2.75) is 39.8 Å². The monoisotopic (exact) mass is 441 g/mol. The van der Waals surface area contributed by atoms with E-state index >= 15 is 0 Å². The summed E-state index contributed by atoms with van der Waals surface area (Å²) >= 11 is 0. The number of hydrogen-bond donors (Lipinski definition) is 2. The number of aromatic nitrogens is 2. The second-order valence-electron chi connectivity index (χ2n) is 7.18. The summed E-state index contributed by atoms with van der Waals surface area (Å²) in [6, 6.07) is 7.33. The molecule has 0 atom stereocenters. The fourth-order valence-electron chi connectivity index (χ4n) is 3.39. The Hall–Kier alpha value is -4.15. The number of furan rings is 1. The van der Waals surface area contributed by atoms with E-state index in [0.717, 1.165) is 11.3 Å². The molecular weight excluding hydrogens is 418 g/mol. The van der Waals surface area contributed by atoms with Crippen molar-refractivity contribution in [3.8, 4) is 0 Å². The predicted molar refractivity (Wildman–Crippen MR) is 118 cm³/mol. The smallest absolute Gasteiger partial charge is 0.330 e. The van der Waals surface area contributed by atoms with Crippen molar-refractivity contribution in [1.82, 2.24) is 9.55 Å². The maximum atomic E-state index is 13.5. The zero-order chi connectivity index (χ0) is 23.4. The van der Waals surface area contributed by atoms with Crippen LogP contribution in [0.15, 0.2) is 50.6 Å². The van der Waals surface area contributed by atoms with Gasteiger partial charge in [-0.1, -0.05) is 19.4 Å². The molecule has 11 heteroatoms. The number of nitro benzene ring substituents is 1. The molecule has 2 aromatic heterocycles. The molecule has 0 radical (unpaired) electrons. The minimum atomic E-state index is -0.844. The molecule has 0 saturated heterocycles. The molecule has 32 heavy (non-hydrogen) atoms. The van der Waals surface area contributed by atoms with Gasteiger partial charge in [-0.25, -0.2) is 4.79 Å². The summed E-state index contributed by atoms with van der Waals surface area (Å²) in [5, 5.41) is 11.3. The van der Waals surface area contributed by atoms with Gasteiger partial charge in [0.25, 0.3) is 17.2 Å². The van der Waals surface area contributed by atoms with Crippen LogP contribution >= 0.6 is 0 Å². The van der Waals surface area contributed by atoms with Crippen molar-refractivity contribution in [3.05, 3.63) is 84.4 Å². The summed E-state index contributed by atoms with van der Waals surface area (Å²) in [5.41, 5.74) is 4.38. The standard InChI is InChI=1S/C21H23N5O6/c1-3-4-10-24-18(22)17(19(27)23-21(24)29)25(12-14-7-6-11-32-14)20(28)15-8-5-9-16(13(15)2)26(30)31/h5-9,11H,3-4,10,12,22H2,1-2H3,(H,23,27,29). The van der Waals surface area contributed by atoms with Crippen molar-refractivity contribution >= 4 is 23.1 Å². The zero-order valence-corrected chi connectivity index (χ0v) is 17.7. The first kappa shape index (κ1) is 22.5. The lowest BCUT2D eigenvalue weighted by atomic mass is 10.1. The summed E-state index contributed by atoms with van der Waals surface area (Å²) in [4.78, 5) is 52.6. The van der Waals surface area contributed by atoms with Crippen LogP contribution in [0, 0.1) is 17.0 Å². The SMILES string of the molecule is CCCCn1c(N)c(N(Cc2ccco2)C(=O)c2cccc([N+](=O)[O-])c2C)c(=O)[nH]c1=O. The van der Waals surface area contributed by atoms with Gasteiger partial charge in [0.1, 0.15) is 11.6 Å². The fourth-order valence-corrected chi connectivity index (χ4v) is 3.39. The molecule has 0 bridgehead atoms. The summed E-state index contributed by atoms with van der Waals surface area (Å²) in [7, 11) is 0. The van der Waals surface area contributed by atoms with Crippen LogP contribution in [0.25, 0.3) is 0 Å². The van der Waals surface area contributed by atoms with Gasteiger partial charge in [-0.05, 0) is 31.5 Å². The van der Waals surface area contributed by atoms with Crippen LogP contribution in [0.5, 0.6) is 0 Å². The van der Waals surface area contributed by atoms with Crippen molar-refractivity contribution in [2.24, 2.45) is 0 Å². The molecule has 3 N–H and O–H groups in total. The summed E-state index contributed by atoms with van der Waals surface area (Å²) in [6.07, 6.45) is 2.82. The number of nitro groups is 1. The Morgan fingerprint density at radius 1 is 1.28 bits per heavy atom. The summed E-state index contributed by atoms with van der Waals surface area (Å²) < 4.78 is 6.54. The van der Waals surface area contributed by atoms with E-state index in [0.29, 0.717) is 12.2 Å². The van der Waals surface area contributed by atoms with E-state index in [1.165, 1.54) is 36.0 Å². The van der Waals surface area contributed by atoms with Crippen LogP contribution in [-0.2, 0) is 13.1 Å². The van der Waals surface area contributed by atoms with Crippen LogP contribution in [0.2, 0.25) is 0 Å². The first-order chi connectivity index (χ1) is 15.3. The number of benzene rings is 1. The van der Waals surface area contributed by atoms with E-state index in [-0.39, 0.29) is 41.4 Å². The number of anilines is 2. The minimum absolute atomic E-state index is 0.0239. The van der Waals surface area contributed by atoms with Crippen molar-refractivity contribution in [1.29, 1.82) is 0 Å². The van der Waals surface area contributed by atoms with Gasteiger partial charge in [-0.3, -0.25) is 34.2 Å². The number of H-pyrrole nitrogens is 1. The second kappa shape index (κ2) is 9.33. The highest BCUT2D eigenvalue weighted by Gasteiger charge is 2.29. The van der Waals surface area contributed by atoms with Gasteiger partial charge in [-0.15, -0.1) is 0 Å². The Balaban J connectivity index is 2.20. The maximum absolute atomic E-state index is 13.5. The largest absolute Gasteiger partial charge is 0.467 e. The molecule has 0 saturated carbocycles. The lowest BCUT2D eigenvalue weighted by Crippen LogP contribution is -2.41. The Morgan fingerprint density at radius 3 is 2.66 bits per heavy atom. The topological polar surface area (TPSA) is 157 Å². The van der Waals surface area contributed by atoms with E-state index in [1.807, 2.05) is 6.92 Å². The highest BCUT2D eigenvalue weighted by Crippen LogP contribution is 2.27. The summed E-state index contributed by atoms with van der Waals surface area (Å²) in [5.74, 6) is -0.512. The molecule has 3 aromatic rings. The van der Waals surface area contributed by atoms with Crippen LogP contribution < -0.4 is 21.9 Å². The van der Waals surface area contributed by atoms with Gasteiger partial charge in [0, 0.05) is 23.7 Å². The van der Waals surface area contributed by atoms with Crippen molar-refractivity contribution < 1.29 is 14.1 Å². The first-order valence-corrected chi connectivity index (χ1v) is 9.97. The average Bonchev–Trinajstić information content (AvgIpc) is 3.25. The van der Waals surface area contributed by atoms with E-state index in [1.54, 1.807) is 12.1 Å². The number of nitrogen functional groups attached to an aromatic ring is 1. The molecule has 2 heterocycles. The number of amides is 1. The molecule has 11 nitrogen and oxygen atoms in total. The quantitative estimate of drug-likeness (QED) is 0.401. The van der Waals surface area contributed by atoms with Gasteiger partial charge < -0.3 is 10.2 Å². The molecule has 0 aliphatic heterocycles. The number of carbonyl (C=O) groups is 1. The number of rotatable bonds is 8. The third-order valence-corrected chi connectivity index (χ3v) is 5.09. The Bertz CT molecular complexity index is 1260.